The second kappa shape index (κ2) is 8.70. The van der Waals surface area contributed by atoms with Gasteiger partial charge in [0.1, 0.15) is 11.6 Å². The minimum Gasteiger partial charge on any atom is -0.394 e. The molecule has 7 atom stereocenters. The zero-order chi connectivity index (χ0) is 22.3. The highest BCUT2D eigenvalue weighted by Crippen LogP contribution is 2.59. The number of hydrogen-bond donors (Lipinski definition) is 3. The summed E-state index contributed by atoms with van der Waals surface area (Å²) in [5.74, 6) is -1.86. The summed E-state index contributed by atoms with van der Waals surface area (Å²) in [4.78, 5) is 41.8. The number of nitrogens with one attached hydrogen (secondary N) is 2. The molecule has 4 aliphatic rings. The van der Waals surface area contributed by atoms with Crippen LogP contribution in [0.25, 0.3) is 0 Å². The molecule has 3 amide bonds. The minimum absolute atomic E-state index is 0.0183. The van der Waals surface area contributed by atoms with Gasteiger partial charge in [-0.15, -0.1) is 0 Å². The molecule has 31 heavy (non-hydrogen) atoms. The third-order valence-corrected chi connectivity index (χ3v) is 8.33. The number of fused-ring (bicyclic) bond motifs is 1. The quantitative estimate of drug-likeness (QED) is 0.552. The smallest absolute Gasteiger partial charge is 0.246 e. The minimum atomic E-state index is -0.988. The molecular weight excluding hydrogens is 398 g/mol. The van der Waals surface area contributed by atoms with E-state index in [2.05, 4.69) is 10.6 Å². The van der Waals surface area contributed by atoms with E-state index in [9.17, 15) is 19.5 Å². The molecule has 1 saturated carbocycles. The normalized spacial score (nSPS) is 36.9. The van der Waals surface area contributed by atoms with E-state index in [0.29, 0.717) is 12.8 Å². The fraction of sp³-hybridized carbons (Fsp3) is 0.870. The Morgan fingerprint density at radius 3 is 2.55 bits per heavy atom. The Labute approximate surface area is 184 Å². The van der Waals surface area contributed by atoms with Crippen LogP contribution in [0.15, 0.2) is 0 Å². The summed E-state index contributed by atoms with van der Waals surface area (Å²) in [5, 5.41) is 16.1. The van der Waals surface area contributed by atoms with Crippen molar-refractivity contribution in [2.75, 3.05) is 13.7 Å². The van der Waals surface area contributed by atoms with Crippen molar-refractivity contribution in [3.63, 3.8) is 0 Å². The van der Waals surface area contributed by atoms with Crippen LogP contribution in [0, 0.1) is 17.8 Å². The van der Waals surface area contributed by atoms with Gasteiger partial charge in [-0.2, -0.15) is 0 Å². The van der Waals surface area contributed by atoms with Gasteiger partial charge in [-0.1, -0.05) is 39.5 Å². The summed E-state index contributed by atoms with van der Waals surface area (Å²) in [7, 11) is 1.57. The molecule has 0 aromatic rings. The molecule has 174 valence electrons. The van der Waals surface area contributed by atoms with Gasteiger partial charge in [0.15, 0.2) is 0 Å². The third-order valence-electron chi connectivity index (χ3n) is 8.33. The van der Waals surface area contributed by atoms with E-state index >= 15 is 0 Å². The van der Waals surface area contributed by atoms with Gasteiger partial charge in [-0.25, -0.2) is 0 Å². The molecule has 3 heterocycles. The molecule has 4 rings (SSSR count). The largest absolute Gasteiger partial charge is 0.394 e. The van der Waals surface area contributed by atoms with E-state index in [0.717, 1.165) is 32.1 Å². The average molecular weight is 436 g/mol. The topological polar surface area (TPSA) is 108 Å². The van der Waals surface area contributed by atoms with Crippen LogP contribution in [0.2, 0.25) is 0 Å². The van der Waals surface area contributed by atoms with Crippen LogP contribution in [-0.2, 0) is 19.1 Å². The zero-order valence-corrected chi connectivity index (χ0v) is 18.9. The lowest BCUT2D eigenvalue weighted by Gasteiger charge is -2.39. The Kier molecular flexibility index (Phi) is 6.32. The van der Waals surface area contributed by atoms with Crippen LogP contribution in [0.5, 0.6) is 0 Å². The molecule has 0 aromatic heterocycles. The lowest BCUT2D eigenvalue weighted by Crippen LogP contribution is -2.60. The first kappa shape index (κ1) is 22.5. The summed E-state index contributed by atoms with van der Waals surface area (Å²) in [6, 6.07) is -1.18. The summed E-state index contributed by atoms with van der Waals surface area (Å²) < 4.78 is 6.39. The lowest BCUT2D eigenvalue weighted by molar-refractivity contribution is -0.147. The molecule has 3 saturated heterocycles. The molecule has 3 N–H and O–H groups in total. The first-order chi connectivity index (χ1) is 14.9. The number of nitrogens with zero attached hydrogens (tertiary/aromatic N) is 1. The van der Waals surface area contributed by atoms with Crippen molar-refractivity contribution in [3.05, 3.63) is 0 Å². The number of rotatable bonds is 7. The Hall–Kier alpha value is -1.67. The van der Waals surface area contributed by atoms with E-state index in [1.165, 1.54) is 6.42 Å². The second-order valence-electron chi connectivity index (χ2n) is 9.89. The van der Waals surface area contributed by atoms with Crippen molar-refractivity contribution in [1.82, 2.24) is 15.5 Å². The monoisotopic (exact) mass is 435 g/mol. The number of hydrogen-bond acceptors (Lipinski definition) is 5. The highest BCUT2D eigenvalue weighted by molar-refractivity contribution is 5.99. The van der Waals surface area contributed by atoms with Gasteiger partial charge in [-0.05, 0) is 31.6 Å². The summed E-state index contributed by atoms with van der Waals surface area (Å²) in [6.45, 7) is 3.79. The molecule has 2 unspecified atom stereocenters. The molecule has 1 spiro atoms. The molecule has 3 aliphatic heterocycles. The Morgan fingerprint density at radius 2 is 1.94 bits per heavy atom. The van der Waals surface area contributed by atoms with Gasteiger partial charge < -0.3 is 25.4 Å². The van der Waals surface area contributed by atoms with Crippen molar-refractivity contribution < 1.29 is 24.2 Å². The van der Waals surface area contributed by atoms with Gasteiger partial charge in [0, 0.05) is 13.1 Å². The molecule has 4 fully saturated rings. The van der Waals surface area contributed by atoms with Crippen molar-refractivity contribution in [2.45, 2.75) is 95.0 Å². The molecule has 8 nitrogen and oxygen atoms in total. The first-order valence-electron chi connectivity index (χ1n) is 12.0. The van der Waals surface area contributed by atoms with Crippen LogP contribution in [0.3, 0.4) is 0 Å². The highest BCUT2D eigenvalue weighted by atomic mass is 16.5. The van der Waals surface area contributed by atoms with Crippen LogP contribution < -0.4 is 10.6 Å². The molecule has 2 bridgehead atoms. The zero-order valence-electron chi connectivity index (χ0n) is 18.9. The number of carbonyl (C=O) groups excluding carboxylic acids is 3. The average Bonchev–Trinajstić information content (AvgIpc) is 3.42. The van der Waals surface area contributed by atoms with E-state index in [1.807, 2.05) is 13.8 Å². The number of aliphatic hydroxyl groups is 1. The summed E-state index contributed by atoms with van der Waals surface area (Å²) in [5.41, 5.74) is -0.988. The van der Waals surface area contributed by atoms with Gasteiger partial charge >= 0.3 is 0 Å². The van der Waals surface area contributed by atoms with Crippen LogP contribution in [0.1, 0.15) is 65.2 Å². The number of carbonyl (C=O) groups is 3. The van der Waals surface area contributed by atoms with Crippen LogP contribution >= 0.6 is 0 Å². The van der Waals surface area contributed by atoms with E-state index in [1.54, 1.807) is 11.9 Å². The van der Waals surface area contributed by atoms with E-state index in [-0.39, 0.29) is 42.4 Å². The van der Waals surface area contributed by atoms with E-state index in [4.69, 9.17) is 4.74 Å². The van der Waals surface area contributed by atoms with E-state index < -0.39 is 29.5 Å². The second-order valence-corrected chi connectivity index (χ2v) is 9.89. The number of aliphatic hydroxyl groups excluding tert-OH is 1. The maximum Gasteiger partial charge on any atom is 0.246 e. The lowest BCUT2D eigenvalue weighted by atomic mass is 9.70. The maximum atomic E-state index is 13.8. The Bertz CT molecular complexity index is 724. The summed E-state index contributed by atoms with van der Waals surface area (Å²) >= 11 is 0. The summed E-state index contributed by atoms with van der Waals surface area (Å²) in [6.07, 6.45) is 6.94. The van der Waals surface area contributed by atoms with Crippen LogP contribution in [0.4, 0.5) is 0 Å². The molecule has 8 heteroatoms. The molecule has 0 radical (unpaired) electrons. The van der Waals surface area contributed by atoms with Crippen molar-refractivity contribution >= 4 is 17.7 Å². The van der Waals surface area contributed by atoms with Crippen molar-refractivity contribution in [3.8, 4) is 0 Å². The van der Waals surface area contributed by atoms with Gasteiger partial charge in [0.25, 0.3) is 0 Å². The molecule has 0 aromatic carbocycles. The fourth-order valence-corrected chi connectivity index (χ4v) is 6.56. The number of amides is 3. The predicted octanol–water partition coefficient (Wildman–Crippen LogP) is 0.963. The van der Waals surface area contributed by atoms with Crippen LogP contribution in [-0.4, -0.2) is 71.2 Å². The molecular formula is C23H37N3O5. The first-order valence-corrected chi connectivity index (χ1v) is 12.0. The Balaban J connectivity index is 1.71. The van der Waals surface area contributed by atoms with Gasteiger partial charge in [-0.3, -0.25) is 14.4 Å². The fourth-order valence-electron chi connectivity index (χ4n) is 6.56. The SMILES string of the molecule is CC[C@H](C)[C@H](CO)N1C(=O)[C@@H]2[C@H](C(=O)NC)[C@@H]3CCC2(O3)C1C(=O)NC1CCCCC1. The Morgan fingerprint density at radius 1 is 1.23 bits per heavy atom. The van der Waals surface area contributed by atoms with Gasteiger partial charge in [0.2, 0.25) is 17.7 Å². The van der Waals surface area contributed by atoms with Crippen molar-refractivity contribution in [2.24, 2.45) is 17.8 Å². The van der Waals surface area contributed by atoms with Crippen molar-refractivity contribution in [1.29, 1.82) is 0 Å². The standard InChI is InChI=1S/C23H37N3O5/c1-4-13(2)15(12-27)26-19(21(29)25-14-8-6-5-7-9-14)23-11-10-16(31-23)17(20(28)24-3)18(23)22(26)30/h13-19,27H,4-12H2,1-3H3,(H,24,28)(H,25,29)/t13-,15-,16-,17+,18-,19?,23?/m0/s1. The molecule has 1 aliphatic carbocycles. The number of ether oxygens (including phenoxy) is 1. The number of likely N-dealkylation sites (tertiary alicyclic amines) is 1. The maximum absolute atomic E-state index is 13.8. The highest BCUT2D eigenvalue weighted by Gasteiger charge is 2.75. The van der Waals surface area contributed by atoms with Gasteiger partial charge in [0.05, 0.1) is 30.6 Å². The third kappa shape index (κ3) is 3.46. The predicted molar refractivity (Wildman–Crippen MR) is 114 cm³/mol.